The van der Waals surface area contributed by atoms with E-state index in [1.54, 1.807) is 18.2 Å². The molecule has 168 valence electrons. The van der Waals surface area contributed by atoms with Gasteiger partial charge in [-0.2, -0.15) is 0 Å². The zero-order valence-electron chi connectivity index (χ0n) is 18.5. The van der Waals surface area contributed by atoms with Gasteiger partial charge in [0.05, 0.1) is 5.75 Å². The second kappa shape index (κ2) is 11.2. The van der Waals surface area contributed by atoms with Gasteiger partial charge in [0.15, 0.2) is 17.1 Å². The summed E-state index contributed by atoms with van der Waals surface area (Å²) in [6, 6.07) is 13.4. The predicted molar refractivity (Wildman–Crippen MR) is 129 cm³/mol. The summed E-state index contributed by atoms with van der Waals surface area (Å²) >= 11 is 7.23. The molecule has 0 radical (unpaired) electrons. The van der Waals surface area contributed by atoms with Crippen molar-refractivity contribution >= 4 is 29.3 Å². The molecule has 3 rings (SSSR count). The summed E-state index contributed by atoms with van der Waals surface area (Å²) in [6.07, 6.45) is 1.47. The number of hydrogen-bond donors (Lipinski definition) is 1. The van der Waals surface area contributed by atoms with E-state index in [9.17, 15) is 4.79 Å². The second-order valence-corrected chi connectivity index (χ2v) is 8.77. The second-order valence-electron chi connectivity index (χ2n) is 7.39. The van der Waals surface area contributed by atoms with Crippen LogP contribution in [-0.4, -0.2) is 26.4 Å². The molecule has 0 aliphatic carbocycles. The monoisotopic (exact) mass is 470 g/mol. The fraction of sp³-hybridized carbons (Fsp3) is 0.292. The van der Waals surface area contributed by atoms with E-state index in [4.69, 9.17) is 16.3 Å². The molecular formula is C24H27ClN4O2S. The van der Waals surface area contributed by atoms with Gasteiger partial charge in [-0.25, -0.2) is 0 Å². The van der Waals surface area contributed by atoms with E-state index in [2.05, 4.69) is 35.1 Å². The van der Waals surface area contributed by atoms with Crippen LogP contribution in [0.3, 0.4) is 0 Å². The van der Waals surface area contributed by atoms with E-state index in [1.807, 2.05) is 42.7 Å². The third-order valence-corrected chi connectivity index (χ3v) is 6.23. The van der Waals surface area contributed by atoms with Crippen molar-refractivity contribution in [2.45, 2.75) is 45.1 Å². The Kier molecular flexibility index (Phi) is 8.36. The molecule has 6 nitrogen and oxygen atoms in total. The van der Waals surface area contributed by atoms with Gasteiger partial charge in [-0.15, -0.1) is 16.8 Å². The Hall–Kier alpha value is -2.77. The molecular weight excluding hydrogens is 444 g/mol. The quantitative estimate of drug-likeness (QED) is 0.322. The van der Waals surface area contributed by atoms with E-state index < -0.39 is 0 Å². The Morgan fingerprint density at radius 3 is 2.72 bits per heavy atom. The van der Waals surface area contributed by atoms with Crippen molar-refractivity contribution in [3.63, 3.8) is 0 Å². The average molecular weight is 471 g/mol. The topological polar surface area (TPSA) is 69.0 Å². The SMILES string of the molecule is C=CCn1c(SCC(=O)NCc2ccc(Cl)cc2)nnc1C(C)Oc1cccc(C)c1C. The standard InChI is InChI=1S/C24H27ClN4O2S/c1-5-13-29-23(18(4)31-21-8-6-7-16(2)17(21)3)27-28-24(29)32-15-22(30)26-14-19-9-11-20(25)12-10-19/h5-12,18H,1,13-15H2,2-4H3,(H,26,30). The van der Waals surface area contributed by atoms with Crippen LogP contribution < -0.4 is 10.1 Å². The zero-order chi connectivity index (χ0) is 23.1. The predicted octanol–water partition coefficient (Wildman–Crippen LogP) is 5.28. The average Bonchev–Trinajstić information content (AvgIpc) is 3.18. The van der Waals surface area contributed by atoms with E-state index >= 15 is 0 Å². The van der Waals surface area contributed by atoms with Crippen LogP contribution >= 0.6 is 23.4 Å². The molecule has 0 saturated carbocycles. The van der Waals surface area contributed by atoms with Crippen LogP contribution in [0.1, 0.15) is 35.5 Å². The number of nitrogens with one attached hydrogen (secondary N) is 1. The van der Waals surface area contributed by atoms with Gasteiger partial charge in [0.1, 0.15) is 5.75 Å². The molecule has 1 amide bonds. The molecule has 3 aromatic rings. The van der Waals surface area contributed by atoms with Gasteiger partial charge in [-0.05, 0) is 55.7 Å². The molecule has 1 unspecified atom stereocenters. The molecule has 0 bridgehead atoms. The highest BCUT2D eigenvalue weighted by atomic mass is 35.5. The minimum atomic E-state index is -0.309. The smallest absolute Gasteiger partial charge is 0.230 e. The normalized spacial score (nSPS) is 11.8. The van der Waals surface area contributed by atoms with Gasteiger partial charge >= 0.3 is 0 Å². The van der Waals surface area contributed by atoms with Crippen LogP contribution in [-0.2, 0) is 17.9 Å². The highest BCUT2D eigenvalue weighted by molar-refractivity contribution is 7.99. The molecule has 1 N–H and O–H groups in total. The van der Waals surface area contributed by atoms with Crippen LogP contribution in [0.25, 0.3) is 0 Å². The molecule has 1 atom stereocenters. The Morgan fingerprint density at radius 1 is 1.25 bits per heavy atom. The lowest BCUT2D eigenvalue weighted by atomic mass is 10.1. The Balaban J connectivity index is 1.63. The largest absolute Gasteiger partial charge is 0.482 e. The molecule has 2 aromatic carbocycles. The first-order valence-electron chi connectivity index (χ1n) is 10.3. The van der Waals surface area contributed by atoms with Crippen LogP contribution in [0.5, 0.6) is 5.75 Å². The summed E-state index contributed by atoms with van der Waals surface area (Å²) in [7, 11) is 0. The summed E-state index contributed by atoms with van der Waals surface area (Å²) in [6.45, 7) is 10.8. The van der Waals surface area contributed by atoms with Crippen molar-refractivity contribution in [3.8, 4) is 5.75 Å². The molecule has 32 heavy (non-hydrogen) atoms. The summed E-state index contributed by atoms with van der Waals surface area (Å²) in [4.78, 5) is 12.3. The number of carbonyl (C=O) groups excluding carboxylic acids is 1. The molecule has 8 heteroatoms. The summed E-state index contributed by atoms with van der Waals surface area (Å²) in [5.41, 5.74) is 3.26. The lowest BCUT2D eigenvalue weighted by molar-refractivity contribution is -0.118. The van der Waals surface area contributed by atoms with Crippen molar-refractivity contribution in [2.24, 2.45) is 0 Å². The van der Waals surface area contributed by atoms with Gasteiger partial charge in [-0.1, -0.05) is 53.7 Å². The van der Waals surface area contributed by atoms with Gasteiger partial charge in [0, 0.05) is 18.1 Å². The van der Waals surface area contributed by atoms with Crippen LogP contribution in [0.4, 0.5) is 0 Å². The lowest BCUT2D eigenvalue weighted by Crippen LogP contribution is -2.24. The minimum absolute atomic E-state index is 0.0839. The number of benzene rings is 2. The Labute approximate surface area is 198 Å². The van der Waals surface area contributed by atoms with E-state index in [-0.39, 0.29) is 17.8 Å². The highest BCUT2D eigenvalue weighted by Crippen LogP contribution is 2.28. The number of amides is 1. The van der Waals surface area contributed by atoms with Crippen molar-refractivity contribution in [2.75, 3.05) is 5.75 Å². The summed E-state index contributed by atoms with van der Waals surface area (Å²) in [5, 5.41) is 12.9. The molecule has 0 aliphatic heterocycles. The molecule has 0 saturated heterocycles. The molecule has 0 fully saturated rings. The number of aromatic nitrogens is 3. The fourth-order valence-electron chi connectivity index (χ4n) is 3.09. The maximum absolute atomic E-state index is 12.3. The van der Waals surface area contributed by atoms with Gasteiger partial charge < -0.3 is 10.1 Å². The fourth-order valence-corrected chi connectivity index (χ4v) is 4.00. The van der Waals surface area contributed by atoms with Crippen LogP contribution in [0.15, 0.2) is 60.3 Å². The maximum Gasteiger partial charge on any atom is 0.230 e. The maximum atomic E-state index is 12.3. The van der Waals surface area contributed by atoms with Gasteiger partial charge in [0.25, 0.3) is 0 Å². The molecule has 0 spiro atoms. The number of nitrogens with zero attached hydrogens (tertiary/aromatic N) is 3. The first-order valence-corrected chi connectivity index (χ1v) is 11.7. The Morgan fingerprint density at radius 2 is 2.00 bits per heavy atom. The Bertz CT molecular complexity index is 1080. The lowest BCUT2D eigenvalue weighted by Gasteiger charge is -2.18. The summed E-state index contributed by atoms with van der Waals surface area (Å²) < 4.78 is 8.11. The molecule has 1 heterocycles. The number of rotatable bonds is 10. The minimum Gasteiger partial charge on any atom is -0.482 e. The van der Waals surface area contributed by atoms with Crippen molar-refractivity contribution in [1.82, 2.24) is 20.1 Å². The number of aryl methyl sites for hydroxylation is 1. The molecule has 0 aliphatic rings. The summed E-state index contributed by atoms with van der Waals surface area (Å²) in [5.74, 6) is 1.66. The van der Waals surface area contributed by atoms with Crippen LogP contribution in [0.2, 0.25) is 5.02 Å². The number of thioether (sulfide) groups is 1. The zero-order valence-corrected chi connectivity index (χ0v) is 20.0. The third kappa shape index (κ3) is 6.14. The van der Waals surface area contributed by atoms with Crippen LogP contribution in [0, 0.1) is 13.8 Å². The van der Waals surface area contributed by atoms with Gasteiger partial charge in [-0.3, -0.25) is 9.36 Å². The first-order chi connectivity index (χ1) is 15.4. The van der Waals surface area contributed by atoms with E-state index in [0.717, 1.165) is 16.9 Å². The van der Waals surface area contributed by atoms with Gasteiger partial charge in [0.2, 0.25) is 5.91 Å². The number of hydrogen-bond acceptors (Lipinski definition) is 5. The molecule has 1 aromatic heterocycles. The van der Waals surface area contributed by atoms with Crippen molar-refractivity contribution in [3.05, 3.63) is 82.7 Å². The number of carbonyl (C=O) groups is 1. The van der Waals surface area contributed by atoms with Crippen molar-refractivity contribution in [1.29, 1.82) is 0 Å². The number of ether oxygens (including phenoxy) is 1. The first kappa shape index (κ1) is 23.9. The van der Waals surface area contributed by atoms with E-state index in [0.29, 0.717) is 29.1 Å². The third-order valence-electron chi connectivity index (χ3n) is 5.01. The van der Waals surface area contributed by atoms with Crippen molar-refractivity contribution < 1.29 is 9.53 Å². The number of halogens is 1. The number of allylic oxidation sites excluding steroid dienone is 1. The van der Waals surface area contributed by atoms with E-state index in [1.165, 1.54) is 17.3 Å². The highest BCUT2D eigenvalue weighted by Gasteiger charge is 2.20.